The fraction of sp³-hybridized carbons (Fsp3) is 0.636. The van der Waals surface area contributed by atoms with E-state index in [4.69, 9.17) is 16.7 Å². The first-order chi connectivity index (χ1) is 8.58. The first-order valence-corrected chi connectivity index (χ1v) is 9.13. The van der Waals surface area contributed by atoms with E-state index in [0.717, 1.165) is 11.3 Å². The predicted octanol–water partition coefficient (Wildman–Crippen LogP) is 3.24. The molecular weight excluding hydrogens is 374 g/mol. The molecule has 8 heteroatoms. The molecule has 0 fully saturated rings. The summed E-state index contributed by atoms with van der Waals surface area (Å²) >= 11 is 10.1. The summed E-state index contributed by atoms with van der Waals surface area (Å²) in [5, 5.41) is 9.43. The molecule has 2 N–H and O–H groups in total. The van der Waals surface area contributed by atoms with Crippen LogP contribution >= 0.6 is 38.9 Å². The van der Waals surface area contributed by atoms with Crippen molar-refractivity contribution in [2.75, 3.05) is 6.61 Å². The Bertz CT molecular complexity index is 517. The van der Waals surface area contributed by atoms with Gasteiger partial charge in [-0.2, -0.15) is 0 Å². The van der Waals surface area contributed by atoms with Crippen LogP contribution in [0.1, 0.15) is 27.2 Å². The maximum Gasteiger partial charge on any atom is 0.250 e. The summed E-state index contributed by atoms with van der Waals surface area (Å²) < 4.78 is 27.9. The van der Waals surface area contributed by atoms with Gasteiger partial charge in [-0.05, 0) is 33.8 Å². The fourth-order valence-electron chi connectivity index (χ4n) is 1.50. The van der Waals surface area contributed by atoms with Crippen molar-refractivity contribution in [1.82, 2.24) is 4.72 Å². The third-order valence-electron chi connectivity index (χ3n) is 2.65. The minimum Gasteiger partial charge on any atom is -0.396 e. The van der Waals surface area contributed by atoms with Gasteiger partial charge in [-0.3, -0.25) is 0 Å². The molecule has 0 aliphatic rings. The first kappa shape index (κ1) is 17.4. The Morgan fingerprint density at radius 2 is 2.11 bits per heavy atom. The number of hydrogen-bond donors (Lipinski definition) is 2. The molecule has 1 aromatic rings. The second-order valence-corrected chi connectivity index (χ2v) is 9.96. The second-order valence-electron chi connectivity index (χ2n) is 5.24. The van der Waals surface area contributed by atoms with Gasteiger partial charge in [-0.25, -0.2) is 13.1 Å². The van der Waals surface area contributed by atoms with Crippen LogP contribution in [-0.2, 0) is 10.0 Å². The van der Waals surface area contributed by atoms with Gasteiger partial charge < -0.3 is 5.11 Å². The summed E-state index contributed by atoms with van der Waals surface area (Å²) in [5.74, 6) is 0. The van der Waals surface area contributed by atoms with E-state index < -0.39 is 10.0 Å². The van der Waals surface area contributed by atoms with E-state index in [-0.39, 0.29) is 22.3 Å². The molecule has 0 amide bonds. The Hall–Kier alpha value is 0.340. The van der Waals surface area contributed by atoms with Crippen LogP contribution < -0.4 is 4.72 Å². The average molecular weight is 391 g/mol. The fourth-order valence-corrected chi connectivity index (χ4v) is 5.39. The van der Waals surface area contributed by atoms with Crippen molar-refractivity contribution in [1.29, 1.82) is 0 Å². The lowest BCUT2D eigenvalue weighted by molar-refractivity contribution is 0.214. The van der Waals surface area contributed by atoms with Crippen LogP contribution in [0.2, 0.25) is 5.02 Å². The molecule has 0 saturated carbocycles. The molecule has 0 radical (unpaired) electrons. The summed E-state index contributed by atoms with van der Waals surface area (Å²) in [5.41, 5.74) is -0.284. The lowest BCUT2D eigenvalue weighted by atomic mass is 9.86. The Labute approximate surface area is 131 Å². The number of rotatable bonds is 5. The SMILES string of the molecule is CC(C)(C)C(CCO)NS(=O)(=O)c1cc(Cl)c(Br)s1. The van der Waals surface area contributed by atoms with Crippen molar-refractivity contribution in [2.45, 2.75) is 37.4 Å². The van der Waals surface area contributed by atoms with Crippen molar-refractivity contribution in [2.24, 2.45) is 5.41 Å². The maximum absolute atomic E-state index is 12.3. The Morgan fingerprint density at radius 3 is 2.47 bits per heavy atom. The predicted molar refractivity (Wildman–Crippen MR) is 82.3 cm³/mol. The summed E-state index contributed by atoms with van der Waals surface area (Å²) in [6.45, 7) is 5.70. The highest BCUT2D eigenvalue weighted by Gasteiger charge is 2.30. The topological polar surface area (TPSA) is 66.4 Å². The number of hydrogen-bond acceptors (Lipinski definition) is 4. The molecule has 0 aliphatic heterocycles. The van der Waals surface area contributed by atoms with Crippen molar-refractivity contribution >= 4 is 48.9 Å². The second kappa shape index (κ2) is 6.41. The number of halogens is 2. The normalized spacial score (nSPS) is 14.6. The lowest BCUT2D eigenvalue weighted by Crippen LogP contribution is -2.43. The molecule has 0 bridgehead atoms. The molecule has 0 aliphatic carbocycles. The molecule has 19 heavy (non-hydrogen) atoms. The van der Waals surface area contributed by atoms with Crippen LogP contribution in [0.15, 0.2) is 14.1 Å². The van der Waals surface area contributed by atoms with E-state index in [0.29, 0.717) is 15.2 Å². The van der Waals surface area contributed by atoms with Gasteiger partial charge in [0, 0.05) is 12.6 Å². The zero-order valence-electron chi connectivity index (χ0n) is 10.9. The maximum atomic E-state index is 12.3. The minimum absolute atomic E-state index is 0.0701. The van der Waals surface area contributed by atoms with Crippen molar-refractivity contribution in [3.8, 4) is 0 Å². The van der Waals surface area contributed by atoms with E-state index in [1.165, 1.54) is 6.07 Å². The molecule has 1 rings (SSSR count). The molecule has 4 nitrogen and oxygen atoms in total. The molecule has 0 saturated heterocycles. The highest BCUT2D eigenvalue weighted by atomic mass is 79.9. The number of aliphatic hydroxyl groups is 1. The summed E-state index contributed by atoms with van der Waals surface area (Å²) in [6, 6.07) is 1.07. The summed E-state index contributed by atoms with van der Waals surface area (Å²) in [7, 11) is -3.62. The summed E-state index contributed by atoms with van der Waals surface area (Å²) in [6.07, 6.45) is 0.364. The van der Waals surface area contributed by atoms with E-state index >= 15 is 0 Å². The van der Waals surface area contributed by atoms with Crippen LogP contribution in [0.4, 0.5) is 0 Å². The standard InChI is InChI=1S/C11H17BrClNO3S2/c1-11(2,3)8(4-5-15)14-19(16,17)9-6-7(13)10(12)18-9/h6,8,14-15H,4-5H2,1-3H3. The van der Waals surface area contributed by atoms with Crippen LogP contribution in [0.3, 0.4) is 0 Å². The van der Waals surface area contributed by atoms with Crippen LogP contribution in [0, 0.1) is 5.41 Å². The monoisotopic (exact) mass is 389 g/mol. The van der Waals surface area contributed by atoms with E-state index in [2.05, 4.69) is 20.7 Å². The first-order valence-electron chi connectivity index (χ1n) is 5.66. The Morgan fingerprint density at radius 1 is 1.53 bits per heavy atom. The molecular formula is C11H17BrClNO3S2. The molecule has 0 aromatic carbocycles. The smallest absolute Gasteiger partial charge is 0.250 e. The summed E-state index contributed by atoms with van der Waals surface area (Å²) in [4.78, 5) is 0. The van der Waals surface area contributed by atoms with Crippen LogP contribution in [-0.4, -0.2) is 26.2 Å². The van der Waals surface area contributed by atoms with Gasteiger partial charge in [0.25, 0.3) is 0 Å². The molecule has 1 unspecified atom stereocenters. The third kappa shape index (κ3) is 4.68. The van der Waals surface area contributed by atoms with Crippen molar-refractivity contribution < 1.29 is 13.5 Å². The lowest BCUT2D eigenvalue weighted by Gasteiger charge is -2.30. The van der Waals surface area contributed by atoms with Gasteiger partial charge in [-0.15, -0.1) is 11.3 Å². The number of aliphatic hydroxyl groups excluding tert-OH is 1. The Balaban J connectivity index is 3.00. The minimum atomic E-state index is -3.62. The van der Waals surface area contributed by atoms with E-state index in [9.17, 15) is 8.42 Å². The molecule has 1 atom stereocenters. The van der Waals surface area contributed by atoms with Gasteiger partial charge in [-0.1, -0.05) is 32.4 Å². The largest absolute Gasteiger partial charge is 0.396 e. The van der Waals surface area contributed by atoms with Gasteiger partial charge in [0.05, 0.1) is 8.81 Å². The third-order valence-corrected chi connectivity index (χ3v) is 7.07. The zero-order valence-corrected chi connectivity index (χ0v) is 14.9. The van der Waals surface area contributed by atoms with Gasteiger partial charge in [0.2, 0.25) is 10.0 Å². The van der Waals surface area contributed by atoms with Crippen LogP contribution in [0.5, 0.6) is 0 Å². The molecule has 110 valence electrons. The van der Waals surface area contributed by atoms with E-state index in [1.807, 2.05) is 20.8 Å². The van der Waals surface area contributed by atoms with E-state index in [1.54, 1.807) is 0 Å². The average Bonchev–Trinajstić information content (AvgIpc) is 2.58. The highest BCUT2D eigenvalue weighted by Crippen LogP contribution is 2.35. The van der Waals surface area contributed by atoms with Crippen molar-refractivity contribution in [3.05, 3.63) is 14.9 Å². The number of nitrogens with one attached hydrogen (secondary N) is 1. The van der Waals surface area contributed by atoms with Crippen molar-refractivity contribution in [3.63, 3.8) is 0 Å². The quantitative estimate of drug-likeness (QED) is 0.811. The van der Waals surface area contributed by atoms with Crippen LogP contribution in [0.25, 0.3) is 0 Å². The molecule has 1 heterocycles. The van der Waals surface area contributed by atoms with Gasteiger partial charge in [0.1, 0.15) is 4.21 Å². The van der Waals surface area contributed by atoms with Gasteiger partial charge >= 0.3 is 0 Å². The number of sulfonamides is 1. The highest BCUT2D eigenvalue weighted by molar-refractivity contribution is 9.11. The Kier molecular flexibility index (Phi) is 5.86. The molecule has 1 aromatic heterocycles. The number of thiophene rings is 1. The molecule has 0 spiro atoms. The zero-order chi connectivity index (χ0) is 14.8. The van der Waals surface area contributed by atoms with Gasteiger partial charge in [0.15, 0.2) is 0 Å².